The van der Waals surface area contributed by atoms with Crippen molar-refractivity contribution in [2.45, 2.75) is 19.0 Å². The zero-order valence-electron chi connectivity index (χ0n) is 15.1. The Balaban J connectivity index is 1.48. The van der Waals surface area contributed by atoms with E-state index in [4.69, 9.17) is 4.42 Å². The van der Waals surface area contributed by atoms with Crippen molar-refractivity contribution < 1.29 is 9.21 Å². The van der Waals surface area contributed by atoms with Crippen LogP contribution in [0.3, 0.4) is 0 Å². The van der Waals surface area contributed by atoms with Gasteiger partial charge >= 0.3 is 0 Å². The Morgan fingerprint density at radius 2 is 2.07 bits per heavy atom. The number of fused-ring (bicyclic) bond motifs is 1. The van der Waals surface area contributed by atoms with Crippen molar-refractivity contribution in [2.75, 3.05) is 0 Å². The molecule has 0 spiro atoms. The molecule has 4 heterocycles. The Morgan fingerprint density at radius 1 is 1.17 bits per heavy atom. The van der Waals surface area contributed by atoms with Gasteiger partial charge in [0.25, 0.3) is 11.5 Å². The summed E-state index contributed by atoms with van der Waals surface area (Å²) in [6, 6.07) is 14.2. The molecule has 0 N–H and O–H groups in total. The van der Waals surface area contributed by atoms with Gasteiger partial charge in [0.05, 0.1) is 17.7 Å². The van der Waals surface area contributed by atoms with Crippen LogP contribution in [0.1, 0.15) is 23.1 Å². The van der Waals surface area contributed by atoms with Crippen molar-refractivity contribution in [3.05, 3.63) is 81.2 Å². The van der Waals surface area contributed by atoms with Crippen molar-refractivity contribution in [3.63, 3.8) is 0 Å². The molecule has 1 aromatic carbocycles. The molecular formula is C20H15N5O3S. The summed E-state index contributed by atoms with van der Waals surface area (Å²) in [6.07, 6.45) is 2.12. The van der Waals surface area contributed by atoms with E-state index >= 15 is 0 Å². The first-order valence-corrected chi connectivity index (χ1v) is 9.88. The lowest BCUT2D eigenvalue weighted by Gasteiger charge is -2.20. The lowest BCUT2D eigenvalue weighted by molar-refractivity contribution is -0.133. The maximum Gasteiger partial charge on any atom is 0.278 e. The molecule has 1 aliphatic heterocycles. The molecule has 4 aromatic rings. The predicted octanol–water partition coefficient (Wildman–Crippen LogP) is 2.82. The summed E-state index contributed by atoms with van der Waals surface area (Å²) in [7, 11) is 0. The quantitative estimate of drug-likeness (QED) is 0.520. The third-order valence-corrected chi connectivity index (χ3v) is 5.73. The van der Waals surface area contributed by atoms with Gasteiger partial charge in [-0.3, -0.25) is 9.59 Å². The number of hydrazone groups is 1. The molecule has 1 unspecified atom stereocenters. The molecule has 0 aliphatic carbocycles. The van der Waals surface area contributed by atoms with E-state index in [-0.39, 0.29) is 24.1 Å². The standard InChI is InChI=1S/C20H15N5O3S/c26-19(12-24-20(27)13-5-1-2-6-14(13)21-23-24)25-16(18-8-4-10-29-18)11-15(22-25)17-7-3-9-28-17/h1-10,16H,11-12H2. The van der Waals surface area contributed by atoms with Gasteiger partial charge in [-0.1, -0.05) is 23.4 Å². The highest BCUT2D eigenvalue weighted by molar-refractivity contribution is 7.10. The lowest BCUT2D eigenvalue weighted by Crippen LogP contribution is -2.35. The van der Waals surface area contributed by atoms with Crippen molar-refractivity contribution in [3.8, 4) is 0 Å². The zero-order valence-corrected chi connectivity index (χ0v) is 16.0. The van der Waals surface area contributed by atoms with Crippen LogP contribution in [-0.2, 0) is 11.3 Å². The second-order valence-corrected chi connectivity index (χ2v) is 7.55. The van der Waals surface area contributed by atoms with Gasteiger partial charge in [-0.15, -0.1) is 16.4 Å². The summed E-state index contributed by atoms with van der Waals surface area (Å²) >= 11 is 1.56. The van der Waals surface area contributed by atoms with Crippen molar-refractivity contribution >= 4 is 33.9 Å². The fraction of sp³-hybridized carbons (Fsp3) is 0.150. The average molecular weight is 405 g/mol. The van der Waals surface area contributed by atoms with E-state index < -0.39 is 0 Å². The summed E-state index contributed by atoms with van der Waals surface area (Å²) in [4.78, 5) is 26.8. The molecule has 3 aromatic heterocycles. The number of rotatable bonds is 4. The molecule has 1 aliphatic rings. The Hall–Kier alpha value is -3.59. The molecule has 0 saturated carbocycles. The smallest absolute Gasteiger partial charge is 0.278 e. The first-order chi connectivity index (χ1) is 14.2. The topological polar surface area (TPSA) is 93.6 Å². The minimum atomic E-state index is -0.356. The molecule has 0 fully saturated rings. The minimum Gasteiger partial charge on any atom is -0.463 e. The number of nitrogens with zero attached hydrogens (tertiary/aromatic N) is 5. The van der Waals surface area contributed by atoms with E-state index in [1.165, 1.54) is 5.01 Å². The minimum absolute atomic E-state index is 0.243. The molecule has 1 amide bonds. The van der Waals surface area contributed by atoms with Crippen LogP contribution in [0.15, 0.2) is 74.5 Å². The third kappa shape index (κ3) is 3.15. The Labute approximate surface area is 168 Å². The van der Waals surface area contributed by atoms with E-state index in [9.17, 15) is 9.59 Å². The maximum absolute atomic E-state index is 13.1. The van der Waals surface area contributed by atoms with E-state index in [1.54, 1.807) is 47.9 Å². The second-order valence-electron chi connectivity index (χ2n) is 6.57. The lowest BCUT2D eigenvalue weighted by atomic mass is 10.1. The number of amides is 1. The highest BCUT2D eigenvalue weighted by Crippen LogP contribution is 2.35. The van der Waals surface area contributed by atoms with Gasteiger partial charge in [0.1, 0.15) is 23.5 Å². The molecule has 144 valence electrons. The van der Waals surface area contributed by atoms with Crippen LogP contribution in [0.5, 0.6) is 0 Å². The van der Waals surface area contributed by atoms with Gasteiger partial charge in [0, 0.05) is 11.3 Å². The van der Waals surface area contributed by atoms with Gasteiger partial charge in [0.2, 0.25) is 0 Å². The zero-order chi connectivity index (χ0) is 19.8. The first-order valence-electron chi connectivity index (χ1n) is 9.00. The number of carbonyl (C=O) groups is 1. The van der Waals surface area contributed by atoms with Crippen molar-refractivity contribution in [1.82, 2.24) is 20.0 Å². The molecular weight excluding hydrogens is 390 g/mol. The molecule has 1 atom stereocenters. The Kier molecular flexibility index (Phi) is 4.28. The molecule has 5 rings (SSSR count). The summed E-state index contributed by atoms with van der Waals surface area (Å²) in [5, 5.41) is 16.3. The molecule has 0 radical (unpaired) electrons. The van der Waals surface area contributed by atoms with Crippen LogP contribution in [0.2, 0.25) is 0 Å². The first kappa shape index (κ1) is 17.5. The molecule has 29 heavy (non-hydrogen) atoms. The predicted molar refractivity (Wildman–Crippen MR) is 108 cm³/mol. The molecule has 0 saturated heterocycles. The van der Waals surface area contributed by atoms with Gasteiger partial charge in [-0.2, -0.15) is 5.10 Å². The van der Waals surface area contributed by atoms with Crippen molar-refractivity contribution in [1.29, 1.82) is 0 Å². The van der Waals surface area contributed by atoms with E-state index in [1.807, 2.05) is 23.6 Å². The van der Waals surface area contributed by atoms with Crippen LogP contribution in [-0.4, -0.2) is 31.6 Å². The van der Waals surface area contributed by atoms with E-state index in [0.717, 1.165) is 9.56 Å². The third-order valence-electron chi connectivity index (χ3n) is 4.76. The van der Waals surface area contributed by atoms with Crippen LogP contribution < -0.4 is 5.56 Å². The number of hydrogen-bond acceptors (Lipinski definition) is 7. The molecule has 9 heteroatoms. The summed E-state index contributed by atoms with van der Waals surface area (Å²) < 4.78 is 6.53. The van der Waals surface area contributed by atoms with Crippen LogP contribution in [0.4, 0.5) is 0 Å². The van der Waals surface area contributed by atoms with Gasteiger partial charge in [-0.25, -0.2) is 9.69 Å². The number of furan rings is 1. The second kappa shape index (κ2) is 7.10. The maximum atomic E-state index is 13.1. The Bertz CT molecular complexity index is 1260. The number of thiophene rings is 1. The SMILES string of the molecule is O=C(Cn1nnc2ccccc2c1=O)N1N=C(c2ccco2)CC1c1cccs1. The van der Waals surface area contributed by atoms with Crippen molar-refractivity contribution in [2.24, 2.45) is 5.10 Å². The van der Waals surface area contributed by atoms with Crippen LogP contribution in [0.25, 0.3) is 10.9 Å². The number of aromatic nitrogens is 3. The summed E-state index contributed by atoms with van der Waals surface area (Å²) in [5.41, 5.74) is 0.835. The van der Waals surface area contributed by atoms with Gasteiger partial charge < -0.3 is 4.42 Å². The monoisotopic (exact) mass is 405 g/mol. The van der Waals surface area contributed by atoms with Crippen LogP contribution in [0, 0.1) is 0 Å². The fourth-order valence-electron chi connectivity index (χ4n) is 3.36. The summed E-state index contributed by atoms with van der Waals surface area (Å²) in [5.74, 6) is 0.293. The van der Waals surface area contributed by atoms with E-state index in [0.29, 0.717) is 28.8 Å². The number of carbonyl (C=O) groups excluding carboxylic acids is 1. The van der Waals surface area contributed by atoms with Crippen LogP contribution >= 0.6 is 11.3 Å². The normalized spacial score (nSPS) is 16.3. The highest BCUT2D eigenvalue weighted by atomic mass is 32.1. The largest absolute Gasteiger partial charge is 0.463 e. The van der Waals surface area contributed by atoms with Gasteiger partial charge in [0.15, 0.2) is 0 Å². The number of hydrogen-bond donors (Lipinski definition) is 0. The number of benzene rings is 1. The summed E-state index contributed by atoms with van der Waals surface area (Å²) in [6.45, 7) is -0.243. The average Bonchev–Trinajstić information content (AvgIpc) is 3.50. The fourth-order valence-corrected chi connectivity index (χ4v) is 4.17. The molecule has 0 bridgehead atoms. The van der Waals surface area contributed by atoms with E-state index in [2.05, 4.69) is 15.4 Å². The van der Waals surface area contributed by atoms with Gasteiger partial charge in [-0.05, 0) is 35.7 Å². The highest BCUT2D eigenvalue weighted by Gasteiger charge is 2.35. The molecule has 8 nitrogen and oxygen atoms in total. The Morgan fingerprint density at radius 3 is 2.86 bits per heavy atom.